The molecule has 0 atom stereocenters. The van der Waals surface area contributed by atoms with E-state index < -0.39 is 0 Å². The molecule has 1 aromatic carbocycles. The second kappa shape index (κ2) is 8.03. The van der Waals surface area contributed by atoms with Gasteiger partial charge in [0.15, 0.2) is 0 Å². The zero-order chi connectivity index (χ0) is 12.5. The van der Waals surface area contributed by atoms with Crippen molar-refractivity contribution in [2.24, 2.45) is 0 Å². The van der Waals surface area contributed by atoms with Crippen LogP contribution >= 0.6 is 0 Å². The maximum Gasteiger partial charge on any atom is 0.123 e. The SMILES string of the molecule is CCN(CCNc1ccc(F)cc1)CCOC. The van der Waals surface area contributed by atoms with Gasteiger partial charge in [-0.1, -0.05) is 6.92 Å². The molecule has 0 radical (unpaired) electrons. The number of rotatable bonds is 8. The van der Waals surface area contributed by atoms with E-state index in [0.717, 1.165) is 38.5 Å². The monoisotopic (exact) mass is 240 g/mol. The molecule has 0 heterocycles. The molecule has 0 fully saturated rings. The maximum absolute atomic E-state index is 12.7. The van der Waals surface area contributed by atoms with E-state index >= 15 is 0 Å². The molecule has 1 aromatic rings. The summed E-state index contributed by atoms with van der Waals surface area (Å²) >= 11 is 0. The van der Waals surface area contributed by atoms with Crippen LogP contribution in [-0.2, 0) is 4.74 Å². The van der Waals surface area contributed by atoms with Crippen LogP contribution in [0, 0.1) is 5.82 Å². The molecule has 0 bridgehead atoms. The molecule has 0 aliphatic rings. The summed E-state index contributed by atoms with van der Waals surface area (Å²) in [6.07, 6.45) is 0. The Hall–Kier alpha value is -1.13. The largest absolute Gasteiger partial charge is 0.384 e. The van der Waals surface area contributed by atoms with Crippen molar-refractivity contribution >= 4 is 5.69 Å². The van der Waals surface area contributed by atoms with Crippen LogP contribution in [0.25, 0.3) is 0 Å². The van der Waals surface area contributed by atoms with Gasteiger partial charge < -0.3 is 10.1 Å². The topological polar surface area (TPSA) is 24.5 Å². The molecule has 96 valence electrons. The Morgan fingerprint density at radius 1 is 1.24 bits per heavy atom. The molecule has 4 heteroatoms. The van der Waals surface area contributed by atoms with Crippen molar-refractivity contribution in [2.75, 3.05) is 45.2 Å². The summed E-state index contributed by atoms with van der Waals surface area (Å²) < 4.78 is 17.7. The molecule has 0 aliphatic heterocycles. The number of nitrogens with zero attached hydrogens (tertiary/aromatic N) is 1. The lowest BCUT2D eigenvalue weighted by Crippen LogP contribution is -2.31. The average Bonchev–Trinajstić information content (AvgIpc) is 2.36. The molecular formula is C13H21FN2O. The fourth-order valence-corrected chi connectivity index (χ4v) is 1.57. The Morgan fingerprint density at radius 2 is 1.94 bits per heavy atom. The number of likely N-dealkylation sites (N-methyl/N-ethyl adjacent to an activating group) is 1. The number of ether oxygens (including phenoxy) is 1. The lowest BCUT2D eigenvalue weighted by atomic mass is 10.3. The highest BCUT2D eigenvalue weighted by Crippen LogP contribution is 2.07. The first kappa shape index (κ1) is 13.9. The first-order valence-corrected chi connectivity index (χ1v) is 5.97. The van der Waals surface area contributed by atoms with Crippen molar-refractivity contribution in [3.05, 3.63) is 30.1 Å². The quantitative estimate of drug-likeness (QED) is 0.754. The van der Waals surface area contributed by atoms with Crippen molar-refractivity contribution < 1.29 is 9.13 Å². The number of nitrogens with one attached hydrogen (secondary N) is 1. The van der Waals surface area contributed by atoms with Crippen LogP contribution in [-0.4, -0.2) is 44.8 Å². The summed E-state index contributed by atoms with van der Waals surface area (Å²) in [6, 6.07) is 6.43. The zero-order valence-electron chi connectivity index (χ0n) is 10.6. The Bertz CT molecular complexity index is 303. The Labute approximate surface area is 103 Å². The molecule has 0 saturated carbocycles. The van der Waals surface area contributed by atoms with Gasteiger partial charge in [0.2, 0.25) is 0 Å². The van der Waals surface area contributed by atoms with Gasteiger partial charge in [-0.2, -0.15) is 0 Å². The van der Waals surface area contributed by atoms with E-state index in [1.807, 2.05) is 0 Å². The highest BCUT2D eigenvalue weighted by molar-refractivity contribution is 5.42. The van der Waals surface area contributed by atoms with E-state index in [-0.39, 0.29) is 5.82 Å². The molecule has 3 nitrogen and oxygen atoms in total. The van der Waals surface area contributed by atoms with Crippen LogP contribution in [0.15, 0.2) is 24.3 Å². The summed E-state index contributed by atoms with van der Waals surface area (Å²) in [5.74, 6) is -0.203. The van der Waals surface area contributed by atoms with Crippen LogP contribution in [0.4, 0.5) is 10.1 Å². The zero-order valence-corrected chi connectivity index (χ0v) is 10.6. The molecule has 0 amide bonds. The van der Waals surface area contributed by atoms with E-state index in [2.05, 4.69) is 17.1 Å². The number of halogens is 1. The summed E-state index contributed by atoms with van der Waals surface area (Å²) in [6.45, 7) is 6.64. The summed E-state index contributed by atoms with van der Waals surface area (Å²) in [5, 5.41) is 3.26. The second-order valence-corrected chi connectivity index (χ2v) is 3.86. The maximum atomic E-state index is 12.7. The second-order valence-electron chi connectivity index (χ2n) is 3.86. The van der Waals surface area contributed by atoms with E-state index in [1.54, 1.807) is 19.2 Å². The van der Waals surface area contributed by atoms with Gasteiger partial charge in [0.05, 0.1) is 6.61 Å². The van der Waals surface area contributed by atoms with Gasteiger partial charge in [0.1, 0.15) is 5.82 Å². The number of anilines is 1. The van der Waals surface area contributed by atoms with Crippen LogP contribution in [0.2, 0.25) is 0 Å². The van der Waals surface area contributed by atoms with Crippen LogP contribution in [0.3, 0.4) is 0 Å². The first-order chi connectivity index (χ1) is 8.26. The van der Waals surface area contributed by atoms with E-state index in [4.69, 9.17) is 4.74 Å². The standard InChI is InChI=1S/C13H21FN2O/c1-3-16(10-11-17-2)9-8-15-13-6-4-12(14)5-7-13/h4-7,15H,3,8-11H2,1-2H3. The highest BCUT2D eigenvalue weighted by atomic mass is 19.1. The highest BCUT2D eigenvalue weighted by Gasteiger charge is 2.01. The average molecular weight is 240 g/mol. The van der Waals surface area contributed by atoms with Crippen LogP contribution in [0.5, 0.6) is 0 Å². The smallest absolute Gasteiger partial charge is 0.123 e. The van der Waals surface area contributed by atoms with Crippen molar-refractivity contribution in [3.63, 3.8) is 0 Å². The fourth-order valence-electron chi connectivity index (χ4n) is 1.57. The van der Waals surface area contributed by atoms with Crippen molar-refractivity contribution in [3.8, 4) is 0 Å². The van der Waals surface area contributed by atoms with Crippen molar-refractivity contribution in [1.82, 2.24) is 4.90 Å². The minimum absolute atomic E-state index is 0.203. The molecule has 0 saturated heterocycles. The minimum atomic E-state index is -0.203. The van der Waals surface area contributed by atoms with Crippen LogP contribution < -0.4 is 5.32 Å². The molecule has 1 rings (SSSR count). The molecule has 0 aromatic heterocycles. The van der Waals surface area contributed by atoms with E-state index in [0.29, 0.717) is 0 Å². The molecule has 0 spiro atoms. The van der Waals surface area contributed by atoms with Gasteiger partial charge in [0, 0.05) is 32.4 Å². The summed E-state index contributed by atoms with van der Waals surface area (Å²) in [5.41, 5.74) is 0.953. The number of methoxy groups -OCH3 is 1. The first-order valence-electron chi connectivity index (χ1n) is 5.97. The molecular weight excluding hydrogens is 219 g/mol. The van der Waals surface area contributed by atoms with Gasteiger partial charge in [-0.05, 0) is 30.8 Å². The predicted molar refractivity (Wildman–Crippen MR) is 68.9 cm³/mol. The molecule has 0 unspecified atom stereocenters. The van der Waals surface area contributed by atoms with Gasteiger partial charge in [-0.25, -0.2) is 4.39 Å². The lowest BCUT2D eigenvalue weighted by molar-refractivity contribution is 0.153. The third-order valence-corrected chi connectivity index (χ3v) is 2.66. The summed E-state index contributed by atoms with van der Waals surface area (Å²) in [7, 11) is 1.71. The Kier molecular flexibility index (Phi) is 6.58. The fraction of sp³-hybridized carbons (Fsp3) is 0.538. The molecule has 1 N–H and O–H groups in total. The van der Waals surface area contributed by atoms with Crippen molar-refractivity contribution in [1.29, 1.82) is 0 Å². The van der Waals surface area contributed by atoms with Gasteiger partial charge in [-0.3, -0.25) is 4.90 Å². The minimum Gasteiger partial charge on any atom is -0.384 e. The number of hydrogen-bond acceptors (Lipinski definition) is 3. The predicted octanol–water partition coefficient (Wildman–Crippen LogP) is 2.21. The van der Waals surface area contributed by atoms with Gasteiger partial charge >= 0.3 is 0 Å². The van der Waals surface area contributed by atoms with Crippen molar-refractivity contribution in [2.45, 2.75) is 6.92 Å². The van der Waals surface area contributed by atoms with Gasteiger partial charge in [-0.15, -0.1) is 0 Å². The molecule has 0 aliphatic carbocycles. The molecule has 17 heavy (non-hydrogen) atoms. The summed E-state index contributed by atoms with van der Waals surface area (Å²) in [4.78, 5) is 2.31. The van der Waals surface area contributed by atoms with Crippen LogP contribution in [0.1, 0.15) is 6.92 Å². The third kappa shape index (κ3) is 5.65. The Balaban J connectivity index is 2.23. The lowest BCUT2D eigenvalue weighted by Gasteiger charge is -2.20. The number of benzene rings is 1. The Morgan fingerprint density at radius 3 is 2.53 bits per heavy atom. The number of hydrogen-bond donors (Lipinski definition) is 1. The van der Waals surface area contributed by atoms with E-state index in [9.17, 15) is 4.39 Å². The van der Waals surface area contributed by atoms with Gasteiger partial charge in [0.25, 0.3) is 0 Å². The van der Waals surface area contributed by atoms with E-state index in [1.165, 1.54) is 12.1 Å². The normalized spacial score (nSPS) is 10.8. The third-order valence-electron chi connectivity index (χ3n) is 2.66.